The molecule has 1 aromatic heterocycles. The number of anilines is 1. The summed E-state index contributed by atoms with van der Waals surface area (Å²) in [6.07, 6.45) is 6.84. The SMILES string of the molecule is N=S(=O)(NC(=O)Nc1c2c(cc3c1CCC3)CCC2)c1cnn2c1C(F)CCC2. The van der Waals surface area contributed by atoms with Crippen LogP contribution in [-0.2, 0) is 42.1 Å². The molecule has 9 heteroatoms. The van der Waals surface area contributed by atoms with Gasteiger partial charge in [-0.15, -0.1) is 0 Å². The summed E-state index contributed by atoms with van der Waals surface area (Å²) in [5, 5.41) is 6.95. The van der Waals surface area contributed by atoms with Crippen molar-refractivity contribution in [2.75, 3.05) is 5.32 Å². The maximum absolute atomic E-state index is 14.4. The van der Waals surface area contributed by atoms with Gasteiger partial charge in [0.2, 0.25) is 0 Å². The molecule has 2 heterocycles. The first-order valence-corrected chi connectivity index (χ1v) is 11.7. The number of nitrogens with one attached hydrogen (secondary N) is 3. The lowest BCUT2D eigenvalue weighted by Crippen LogP contribution is -2.35. The van der Waals surface area contributed by atoms with Crippen LogP contribution in [0.15, 0.2) is 17.2 Å². The minimum absolute atomic E-state index is 0.0385. The van der Waals surface area contributed by atoms with Crippen LogP contribution in [0.1, 0.15) is 59.8 Å². The predicted molar refractivity (Wildman–Crippen MR) is 107 cm³/mol. The largest absolute Gasteiger partial charge is 0.331 e. The summed E-state index contributed by atoms with van der Waals surface area (Å²) < 4.78 is 39.4. The first kappa shape index (κ1) is 18.6. The van der Waals surface area contributed by atoms with Crippen molar-refractivity contribution in [2.45, 2.75) is 69.0 Å². The lowest BCUT2D eigenvalue weighted by molar-refractivity contribution is 0.254. The van der Waals surface area contributed by atoms with Crippen molar-refractivity contribution in [1.82, 2.24) is 14.5 Å². The summed E-state index contributed by atoms with van der Waals surface area (Å²) in [5.74, 6) is 0. The van der Waals surface area contributed by atoms with Gasteiger partial charge in [0.15, 0.2) is 9.92 Å². The number of rotatable bonds is 3. The van der Waals surface area contributed by atoms with Gasteiger partial charge in [0, 0.05) is 12.2 Å². The Morgan fingerprint density at radius 3 is 2.55 bits per heavy atom. The van der Waals surface area contributed by atoms with E-state index in [1.807, 2.05) is 0 Å². The van der Waals surface area contributed by atoms with E-state index in [-0.39, 0.29) is 10.6 Å². The van der Waals surface area contributed by atoms with Gasteiger partial charge in [-0.05, 0) is 73.6 Å². The Morgan fingerprint density at radius 1 is 1.17 bits per heavy atom. The van der Waals surface area contributed by atoms with Gasteiger partial charge in [-0.2, -0.15) is 5.10 Å². The van der Waals surface area contributed by atoms with Crippen molar-refractivity contribution in [1.29, 1.82) is 4.78 Å². The smallest absolute Gasteiger partial charge is 0.307 e. The van der Waals surface area contributed by atoms with E-state index in [0.717, 1.165) is 55.3 Å². The maximum Gasteiger partial charge on any atom is 0.331 e. The molecule has 29 heavy (non-hydrogen) atoms. The van der Waals surface area contributed by atoms with Gasteiger partial charge in [-0.1, -0.05) is 6.07 Å². The number of hydrogen-bond donors (Lipinski definition) is 3. The third-order valence-corrected chi connectivity index (χ3v) is 7.63. The van der Waals surface area contributed by atoms with Crippen LogP contribution in [0.3, 0.4) is 0 Å². The zero-order valence-corrected chi connectivity index (χ0v) is 16.9. The molecule has 2 aromatic rings. The molecule has 1 aromatic carbocycles. The highest BCUT2D eigenvalue weighted by atomic mass is 32.2. The van der Waals surface area contributed by atoms with Gasteiger partial charge in [-0.3, -0.25) is 4.68 Å². The fraction of sp³-hybridized carbons (Fsp3) is 0.500. The second-order valence-corrected chi connectivity index (χ2v) is 9.83. The first-order chi connectivity index (χ1) is 13.9. The molecule has 0 spiro atoms. The zero-order valence-electron chi connectivity index (χ0n) is 16.1. The number of hydrogen-bond acceptors (Lipinski definition) is 4. The average Bonchev–Trinajstić information content (AvgIpc) is 3.40. The summed E-state index contributed by atoms with van der Waals surface area (Å²) in [5.41, 5.74) is 5.84. The minimum atomic E-state index is -3.72. The molecule has 0 fully saturated rings. The number of amides is 2. The standard InChI is InChI=1S/C20H24FN5O2S/c21-16-8-3-9-26-19(16)17(11-23-26)29(22,28)25-20(27)24-18-14-6-1-4-12(14)10-13-5-2-7-15(13)18/h10-11,16H,1-9H2,(H3,22,24,25,27,28). The monoisotopic (exact) mass is 417 g/mol. The first-order valence-electron chi connectivity index (χ1n) is 10.2. The predicted octanol–water partition coefficient (Wildman–Crippen LogP) is 3.81. The van der Waals surface area contributed by atoms with Crippen LogP contribution in [0, 0.1) is 4.78 Å². The van der Waals surface area contributed by atoms with Crippen LogP contribution in [-0.4, -0.2) is 20.0 Å². The number of halogens is 1. The van der Waals surface area contributed by atoms with Crippen LogP contribution in [0.5, 0.6) is 0 Å². The summed E-state index contributed by atoms with van der Waals surface area (Å²) in [6.45, 7) is 0.528. The highest BCUT2D eigenvalue weighted by Gasteiger charge is 2.31. The molecule has 3 aliphatic rings. The van der Waals surface area contributed by atoms with Crippen molar-refractivity contribution < 1.29 is 13.4 Å². The summed E-state index contributed by atoms with van der Waals surface area (Å²) in [7, 11) is -3.72. The minimum Gasteiger partial charge on any atom is -0.307 e. The maximum atomic E-state index is 14.4. The molecule has 2 aliphatic carbocycles. The third kappa shape index (κ3) is 3.11. The van der Waals surface area contributed by atoms with E-state index in [4.69, 9.17) is 4.78 Å². The topological polar surface area (TPSA) is 99.9 Å². The molecular weight excluding hydrogens is 393 g/mol. The summed E-state index contributed by atoms with van der Waals surface area (Å²) in [4.78, 5) is 12.7. The molecule has 0 saturated carbocycles. The van der Waals surface area contributed by atoms with Crippen LogP contribution in [0.4, 0.5) is 14.9 Å². The van der Waals surface area contributed by atoms with Crippen LogP contribution in [0.2, 0.25) is 0 Å². The quantitative estimate of drug-likeness (QED) is 0.708. The van der Waals surface area contributed by atoms with E-state index < -0.39 is 22.1 Å². The van der Waals surface area contributed by atoms with E-state index in [1.54, 1.807) is 0 Å². The van der Waals surface area contributed by atoms with E-state index in [2.05, 4.69) is 21.2 Å². The highest BCUT2D eigenvalue weighted by molar-refractivity contribution is 7.91. The molecule has 2 atom stereocenters. The fourth-order valence-electron chi connectivity index (χ4n) is 4.94. The molecule has 3 N–H and O–H groups in total. The molecule has 1 aliphatic heterocycles. The Balaban J connectivity index is 1.42. The van der Waals surface area contributed by atoms with Gasteiger partial charge >= 0.3 is 6.03 Å². The summed E-state index contributed by atoms with van der Waals surface area (Å²) in [6, 6.07) is 1.58. The molecule has 7 nitrogen and oxygen atoms in total. The van der Waals surface area contributed by atoms with Gasteiger partial charge in [0.05, 0.1) is 11.9 Å². The molecule has 0 radical (unpaired) electrons. The van der Waals surface area contributed by atoms with Gasteiger partial charge in [0.25, 0.3) is 0 Å². The van der Waals surface area contributed by atoms with Gasteiger partial charge < -0.3 is 5.32 Å². The van der Waals surface area contributed by atoms with Crippen molar-refractivity contribution in [2.24, 2.45) is 0 Å². The van der Waals surface area contributed by atoms with Crippen molar-refractivity contribution in [3.8, 4) is 0 Å². The Kier molecular flexibility index (Phi) is 4.38. The van der Waals surface area contributed by atoms with Crippen LogP contribution >= 0.6 is 0 Å². The lowest BCUT2D eigenvalue weighted by Gasteiger charge is -2.20. The van der Waals surface area contributed by atoms with Crippen molar-refractivity contribution >= 4 is 21.6 Å². The van der Waals surface area contributed by atoms with E-state index in [1.165, 1.54) is 22.0 Å². The van der Waals surface area contributed by atoms with Gasteiger partial charge in [0.1, 0.15) is 11.1 Å². The van der Waals surface area contributed by atoms with Gasteiger partial charge in [-0.25, -0.2) is 22.9 Å². The van der Waals surface area contributed by atoms with Crippen LogP contribution < -0.4 is 10.0 Å². The Labute approximate surface area is 169 Å². The number of aromatic nitrogens is 2. The number of urea groups is 1. The number of benzene rings is 1. The molecule has 0 saturated heterocycles. The van der Waals surface area contributed by atoms with Crippen LogP contribution in [0.25, 0.3) is 0 Å². The fourth-order valence-corrected chi connectivity index (χ4v) is 6.09. The number of nitrogens with zero attached hydrogens (tertiary/aromatic N) is 2. The number of alkyl halides is 1. The molecule has 2 amide bonds. The zero-order chi connectivity index (χ0) is 20.2. The number of fused-ring (bicyclic) bond motifs is 3. The Morgan fingerprint density at radius 2 is 1.86 bits per heavy atom. The van der Waals surface area contributed by atoms with E-state index in [0.29, 0.717) is 19.4 Å². The summed E-state index contributed by atoms with van der Waals surface area (Å²) >= 11 is 0. The normalized spacial score (nSPS) is 21.8. The molecule has 5 rings (SSSR count). The molecule has 0 bridgehead atoms. The Bertz CT molecular complexity index is 1080. The molecule has 154 valence electrons. The third-order valence-electron chi connectivity index (χ3n) is 6.23. The van der Waals surface area contributed by atoms with Crippen molar-refractivity contribution in [3.05, 3.63) is 40.2 Å². The lowest BCUT2D eigenvalue weighted by atomic mass is 9.99. The number of carbonyl (C=O) groups excluding carboxylic acids is 1. The molecule has 2 unspecified atom stereocenters. The number of aryl methyl sites for hydroxylation is 3. The van der Waals surface area contributed by atoms with E-state index >= 15 is 0 Å². The second-order valence-electron chi connectivity index (χ2n) is 8.07. The molecular formula is C20H24FN5O2S. The average molecular weight is 418 g/mol. The van der Waals surface area contributed by atoms with Crippen molar-refractivity contribution in [3.63, 3.8) is 0 Å². The number of carbonyl (C=O) groups is 1. The second kappa shape index (κ2) is 6.83. The Hall–Kier alpha value is -2.42. The van der Waals surface area contributed by atoms with E-state index in [9.17, 15) is 13.4 Å². The highest BCUT2D eigenvalue weighted by Crippen LogP contribution is 2.38.